The summed E-state index contributed by atoms with van der Waals surface area (Å²) < 4.78 is 0. The van der Waals surface area contributed by atoms with Crippen molar-refractivity contribution >= 4 is 34.9 Å². The molecule has 3 heteroatoms. The van der Waals surface area contributed by atoms with Crippen molar-refractivity contribution < 1.29 is 0 Å². The summed E-state index contributed by atoms with van der Waals surface area (Å²) in [5, 5.41) is 2.26. The van der Waals surface area contributed by atoms with Gasteiger partial charge in [0.25, 0.3) is 0 Å². The maximum Gasteiger partial charge on any atom is 0.0281 e. The fourth-order valence-electron chi connectivity index (χ4n) is 1.46. The van der Waals surface area contributed by atoms with Crippen LogP contribution in [0, 0.1) is 0 Å². The van der Waals surface area contributed by atoms with Crippen LogP contribution in [0.2, 0.25) is 0 Å². The lowest BCUT2D eigenvalue weighted by Gasteiger charge is -2.04. The van der Waals surface area contributed by atoms with E-state index >= 15 is 0 Å². The number of rotatable bonds is 10. The van der Waals surface area contributed by atoms with Gasteiger partial charge in [0.1, 0.15) is 0 Å². The Kier molecular flexibility index (Phi) is 9.40. The lowest BCUT2D eigenvalue weighted by molar-refractivity contribution is 0.895. The van der Waals surface area contributed by atoms with Crippen LogP contribution in [0.5, 0.6) is 0 Å². The number of thioether (sulfide) groups is 2. The summed E-state index contributed by atoms with van der Waals surface area (Å²) in [6, 6.07) is 2.32. The minimum Gasteiger partial charge on any atom is -0.157 e. The summed E-state index contributed by atoms with van der Waals surface area (Å²) in [7, 11) is 0. The summed E-state index contributed by atoms with van der Waals surface area (Å²) >= 11 is 6.12. The van der Waals surface area contributed by atoms with E-state index in [-0.39, 0.29) is 0 Å². The van der Waals surface area contributed by atoms with Crippen LogP contribution >= 0.6 is 34.9 Å². The normalized spacial score (nSPS) is 10.9. The molecule has 0 amide bonds. The highest BCUT2D eigenvalue weighted by atomic mass is 32.2. The lowest BCUT2D eigenvalue weighted by atomic mass is 10.3. The first-order chi connectivity index (χ1) is 8.38. The van der Waals surface area contributed by atoms with Gasteiger partial charge in [-0.15, -0.1) is 11.3 Å². The van der Waals surface area contributed by atoms with E-state index in [1.54, 1.807) is 10.4 Å². The molecule has 0 spiro atoms. The topological polar surface area (TPSA) is 0 Å². The van der Waals surface area contributed by atoms with Gasteiger partial charge in [0, 0.05) is 16.4 Å². The molecule has 0 aliphatic rings. The second-order valence-corrected chi connectivity index (χ2v) is 7.39. The molecule has 0 aromatic carbocycles. The first-order valence-electron chi connectivity index (χ1n) is 6.59. The molecule has 0 saturated carbocycles. The van der Waals surface area contributed by atoms with Crippen molar-refractivity contribution in [2.45, 2.75) is 51.0 Å². The van der Waals surface area contributed by atoms with Crippen LogP contribution in [0.1, 0.15) is 50.0 Å². The van der Waals surface area contributed by atoms with E-state index in [2.05, 4.69) is 48.8 Å². The zero-order valence-electron chi connectivity index (χ0n) is 11.0. The van der Waals surface area contributed by atoms with Gasteiger partial charge in [-0.05, 0) is 41.4 Å². The molecule has 0 atom stereocenters. The van der Waals surface area contributed by atoms with Crippen LogP contribution in [-0.4, -0.2) is 11.5 Å². The van der Waals surface area contributed by atoms with Gasteiger partial charge in [-0.1, -0.05) is 26.7 Å². The molecule has 17 heavy (non-hydrogen) atoms. The third-order valence-corrected chi connectivity index (χ3v) is 5.92. The zero-order valence-corrected chi connectivity index (χ0v) is 13.5. The van der Waals surface area contributed by atoms with Gasteiger partial charge < -0.3 is 0 Å². The summed E-state index contributed by atoms with van der Waals surface area (Å²) in [6.07, 6.45) is 5.35. The standard InChI is InChI=1S/C14H24S3/c1-3-5-8-15-11-13-7-10-17-14(13)12-16-9-6-4-2/h7,10H,3-6,8-9,11-12H2,1-2H3. The quantitative estimate of drug-likeness (QED) is 0.498. The molecule has 1 rings (SSSR count). The number of hydrogen-bond donors (Lipinski definition) is 0. The van der Waals surface area contributed by atoms with E-state index in [1.807, 2.05) is 11.3 Å². The Bertz CT molecular complexity index is 254. The van der Waals surface area contributed by atoms with Gasteiger partial charge in [-0.2, -0.15) is 23.5 Å². The Balaban J connectivity index is 2.22. The second kappa shape index (κ2) is 10.3. The zero-order chi connectivity index (χ0) is 12.3. The van der Waals surface area contributed by atoms with E-state index in [4.69, 9.17) is 0 Å². The Morgan fingerprint density at radius 1 is 1.00 bits per heavy atom. The molecule has 0 bridgehead atoms. The highest BCUT2D eigenvalue weighted by molar-refractivity contribution is 7.98. The summed E-state index contributed by atoms with van der Waals surface area (Å²) in [6.45, 7) is 4.53. The Labute approximate surface area is 119 Å². The first-order valence-corrected chi connectivity index (χ1v) is 9.78. The molecular formula is C14H24S3. The highest BCUT2D eigenvalue weighted by Gasteiger charge is 2.04. The molecule has 0 nitrogen and oxygen atoms in total. The number of thiophene rings is 1. The predicted octanol–water partition coefficient (Wildman–Crippen LogP) is 5.81. The predicted molar refractivity (Wildman–Crippen MR) is 86.5 cm³/mol. The second-order valence-electron chi connectivity index (χ2n) is 4.18. The van der Waals surface area contributed by atoms with Crippen LogP contribution < -0.4 is 0 Å². The van der Waals surface area contributed by atoms with Crippen molar-refractivity contribution in [1.82, 2.24) is 0 Å². The minimum atomic E-state index is 1.22. The number of hydrogen-bond acceptors (Lipinski definition) is 3. The van der Waals surface area contributed by atoms with Crippen LogP contribution in [-0.2, 0) is 11.5 Å². The van der Waals surface area contributed by atoms with Crippen molar-refractivity contribution in [2.24, 2.45) is 0 Å². The van der Waals surface area contributed by atoms with Crippen molar-refractivity contribution in [1.29, 1.82) is 0 Å². The molecule has 0 aliphatic carbocycles. The maximum atomic E-state index is 2.32. The fraction of sp³-hybridized carbons (Fsp3) is 0.714. The molecule has 0 radical (unpaired) electrons. The molecule has 1 heterocycles. The van der Waals surface area contributed by atoms with E-state index in [0.717, 1.165) is 0 Å². The van der Waals surface area contributed by atoms with E-state index in [0.29, 0.717) is 0 Å². The smallest absolute Gasteiger partial charge is 0.0281 e. The Morgan fingerprint density at radius 3 is 2.29 bits per heavy atom. The van der Waals surface area contributed by atoms with Crippen LogP contribution in [0.4, 0.5) is 0 Å². The van der Waals surface area contributed by atoms with Crippen LogP contribution in [0.25, 0.3) is 0 Å². The molecule has 1 aromatic heterocycles. The van der Waals surface area contributed by atoms with Crippen LogP contribution in [0.15, 0.2) is 11.4 Å². The maximum absolute atomic E-state index is 2.32. The molecule has 0 fully saturated rings. The van der Waals surface area contributed by atoms with E-state index in [9.17, 15) is 0 Å². The lowest BCUT2D eigenvalue weighted by Crippen LogP contribution is -1.87. The molecule has 0 N–H and O–H groups in total. The SMILES string of the molecule is CCCCSCc1ccsc1CSCCCC. The van der Waals surface area contributed by atoms with Gasteiger partial charge in [0.15, 0.2) is 0 Å². The van der Waals surface area contributed by atoms with Gasteiger partial charge in [-0.25, -0.2) is 0 Å². The summed E-state index contributed by atoms with van der Waals surface area (Å²) in [5.74, 6) is 5.07. The first kappa shape index (κ1) is 15.5. The average molecular weight is 289 g/mol. The molecule has 1 aromatic rings. The van der Waals surface area contributed by atoms with Gasteiger partial charge in [-0.3, -0.25) is 0 Å². The van der Waals surface area contributed by atoms with Gasteiger partial charge in [0.05, 0.1) is 0 Å². The van der Waals surface area contributed by atoms with Crippen molar-refractivity contribution in [3.05, 3.63) is 21.9 Å². The minimum absolute atomic E-state index is 1.22. The average Bonchev–Trinajstić information content (AvgIpc) is 2.78. The largest absolute Gasteiger partial charge is 0.157 e. The molecule has 0 unspecified atom stereocenters. The highest BCUT2D eigenvalue weighted by Crippen LogP contribution is 2.26. The van der Waals surface area contributed by atoms with Gasteiger partial charge in [0.2, 0.25) is 0 Å². The van der Waals surface area contributed by atoms with Crippen molar-refractivity contribution in [3.63, 3.8) is 0 Å². The molecular weight excluding hydrogens is 264 g/mol. The van der Waals surface area contributed by atoms with E-state index < -0.39 is 0 Å². The van der Waals surface area contributed by atoms with Crippen molar-refractivity contribution in [2.75, 3.05) is 11.5 Å². The van der Waals surface area contributed by atoms with Gasteiger partial charge >= 0.3 is 0 Å². The summed E-state index contributed by atoms with van der Waals surface area (Å²) in [4.78, 5) is 1.61. The van der Waals surface area contributed by atoms with E-state index in [1.165, 1.54) is 48.7 Å². The number of unbranched alkanes of at least 4 members (excludes halogenated alkanes) is 2. The third-order valence-electron chi connectivity index (χ3n) is 2.61. The molecule has 98 valence electrons. The summed E-state index contributed by atoms with van der Waals surface area (Å²) in [5.41, 5.74) is 1.58. The monoisotopic (exact) mass is 288 g/mol. The fourth-order valence-corrected chi connectivity index (χ4v) is 4.90. The molecule has 0 saturated heterocycles. The van der Waals surface area contributed by atoms with Crippen LogP contribution in [0.3, 0.4) is 0 Å². The van der Waals surface area contributed by atoms with Crippen molar-refractivity contribution in [3.8, 4) is 0 Å². The Hall–Kier alpha value is 0.400. The molecule has 0 aliphatic heterocycles. The Morgan fingerprint density at radius 2 is 1.65 bits per heavy atom. The third kappa shape index (κ3) is 6.78.